The third-order valence-corrected chi connectivity index (χ3v) is 5.89. The van der Waals surface area contributed by atoms with Gasteiger partial charge in [-0.15, -0.1) is 0 Å². The summed E-state index contributed by atoms with van der Waals surface area (Å²) in [6.45, 7) is 0. The molecule has 4 N–H and O–H groups in total. The van der Waals surface area contributed by atoms with Crippen molar-refractivity contribution in [2.75, 3.05) is 0 Å². The molecule has 3 aliphatic rings. The van der Waals surface area contributed by atoms with Crippen molar-refractivity contribution in [1.82, 2.24) is 5.32 Å². The van der Waals surface area contributed by atoms with Crippen LogP contribution in [0, 0.1) is 17.8 Å². The van der Waals surface area contributed by atoms with Crippen molar-refractivity contribution in [1.29, 1.82) is 0 Å². The summed E-state index contributed by atoms with van der Waals surface area (Å²) in [6, 6.07) is -0.180. The highest BCUT2D eigenvalue weighted by Crippen LogP contribution is 2.48. The molecule has 5 nitrogen and oxygen atoms in total. The topological polar surface area (TPSA) is 92.4 Å². The first-order valence-electron chi connectivity index (χ1n) is 8.30. The second kappa shape index (κ2) is 5.59. The molecule has 3 aliphatic carbocycles. The highest BCUT2D eigenvalue weighted by atomic mass is 16.4. The van der Waals surface area contributed by atoms with Crippen molar-refractivity contribution in [3.05, 3.63) is 0 Å². The molecule has 2 bridgehead atoms. The van der Waals surface area contributed by atoms with Gasteiger partial charge in [0.25, 0.3) is 0 Å². The zero-order valence-corrected chi connectivity index (χ0v) is 12.5. The Morgan fingerprint density at radius 3 is 2.48 bits per heavy atom. The van der Waals surface area contributed by atoms with E-state index < -0.39 is 11.9 Å². The van der Waals surface area contributed by atoms with Gasteiger partial charge >= 0.3 is 5.97 Å². The van der Waals surface area contributed by atoms with Crippen LogP contribution in [-0.2, 0) is 9.59 Å². The second-order valence-corrected chi connectivity index (χ2v) is 7.39. The third kappa shape index (κ3) is 2.93. The highest BCUT2D eigenvalue weighted by molar-refractivity contribution is 5.79. The number of fused-ring (bicyclic) bond motifs is 2. The van der Waals surface area contributed by atoms with Crippen molar-refractivity contribution >= 4 is 11.9 Å². The monoisotopic (exact) mass is 294 g/mol. The molecule has 4 unspecified atom stereocenters. The Balaban J connectivity index is 1.60. The quantitative estimate of drug-likeness (QED) is 0.735. The number of hydrogen-bond acceptors (Lipinski definition) is 3. The van der Waals surface area contributed by atoms with Gasteiger partial charge in [-0.25, -0.2) is 0 Å². The summed E-state index contributed by atoms with van der Waals surface area (Å²) in [7, 11) is 0. The van der Waals surface area contributed by atoms with Crippen LogP contribution in [-0.4, -0.2) is 28.6 Å². The summed E-state index contributed by atoms with van der Waals surface area (Å²) < 4.78 is 0. The van der Waals surface area contributed by atoms with Crippen LogP contribution in [0.5, 0.6) is 0 Å². The Labute approximate surface area is 125 Å². The van der Waals surface area contributed by atoms with E-state index in [9.17, 15) is 14.7 Å². The van der Waals surface area contributed by atoms with E-state index in [1.165, 1.54) is 6.42 Å². The minimum absolute atomic E-state index is 0.0526. The van der Waals surface area contributed by atoms with Gasteiger partial charge in [0, 0.05) is 18.0 Å². The number of carboxylic acids is 1. The maximum atomic E-state index is 12.3. The van der Waals surface area contributed by atoms with Gasteiger partial charge in [0.15, 0.2) is 0 Å². The largest absolute Gasteiger partial charge is 0.481 e. The number of aliphatic carboxylic acids is 1. The first-order valence-corrected chi connectivity index (χ1v) is 8.30. The molecule has 4 atom stereocenters. The summed E-state index contributed by atoms with van der Waals surface area (Å²) >= 11 is 0. The Morgan fingerprint density at radius 1 is 1.14 bits per heavy atom. The van der Waals surface area contributed by atoms with E-state index in [4.69, 9.17) is 5.73 Å². The molecule has 0 saturated heterocycles. The average molecular weight is 294 g/mol. The lowest BCUT2D eigenvalue weighted by Crippen LogP contribution is -2.51. The molecule has 1 amide bonds. The number of carbonyl (C=O) groups is 2. The maximum absolute atomic E-state index is 12.3. The van der Waals surface area contributed by atoms with Crippen molar-refractivity contribution in [3.8, 4) is 0 Å². The number of hydrogen-bond donors (Lipinski definition) is 3. The van der Waals surface area contributed by atoms with Gasteiger partial charge in [0.1, 0.15) is 0 Å². The first kappa shape index (κ1) is 14.8. The molecular formula is C16H26N2O3. The van der Waals surface area contributed by atoms with Crippen LogP contribution in [0.2, 0.25) is 0 Å². The number of carboxylic acid groups (broad SMARTS) is 1. The van der Waals surface area contributed by atoms with Gasteiger partial charge < -0.3 is 16.2 Å². The normalized spacial score (nSPS) is 37.4. The van der Waals surface area contributed by atoms with Crippen molar-refractivity contribution in [3.63, 3.8) is 0 Å². The lowest BCUT2D eigenvalue weighted by atomic mass is 9.79. The summed E-state index contributed by atoms with van der Waals surface area (Å²) in [5.74, 6) is -0.608. The summed E-state index contributed by atoms with van der Waals surface area (Å²) in [5, 5.41) is 12.4. The fourth-order valence-corrected chi connectivity index (χ4v) is 4.84. The lowest BCUT2D eigenvalue weighted by molar-refractivity contribution is -0.144. The van der Waals surface area contributed by atoms with Gasteiger partial charge in [-0.1, -0.05) is 19.3 Å². The molecule has 0 heterocycles. The molecule has 3 rings (SSSR count). The first-order chi connectivity index (χ1) is 9.98. The van der Waals surface area contributed by atoms with Crippen LogP contribution in [0.4, 0.5) is 0 Å². The number of nitrogens with one attached hydrogen (secondary N) is 1. The van der Waals surface area contributed by atoms with E-state index in [1.807, 2.05) is 0 Å². The number of nitrogens with two attached hydrogens (primary N) is 1. The van der Waals surface area contributed by atoms with Crippen LogP contribution in [0.3, 0.4) is 0 Å². The molecule has 3 fully saturated rings. The number of carbonyl (C=O) groups excluding carboxylic acids is 1. The Kier molecular flexibility index (Phi) is 3.95. The Hall–Kier alpha value is -1.10. The van der Waals surface area contributed by atoms with Crippen molar-refractivity contribution in [2.45, 2.75) is 69.4 Å². The zero-order valence-electron chi connectivity index (χ0n) is 12.5. The second-order valence-electron chi connectivity index (χ2n) is 7.39. The number of amides is 1. The van der Waals surface area contributed by atoms with Crippen LogP contribution in [0.1, 0.15) is 57.8 Å². The van der Waals surface area contributed by atoms with Gasteiger partial charge in [-0.05, 0) is 43.9 Å². The molecule has 0 aromatic carbocycles. The molecule has 0 aromatic heterocycles. The third-order valence-electron chi connectivity index (χ3n) is 5.89. The SMILES string of the molecule is NC1(CC(=O)NC2C3CCC(C3)C2C(=O)O)CCCCC1. The fraction of sp³-hybridized carbons (Fsp3) is 0.875. The molecule has 3 saturated carbocycles. The molecular weight excluding hydrogens is 268 g/mol. The van der Waals surface area contributed by atoms with Gasteiger partial charge in [0.2, 0.25) is 5.91 Å². The molecule has 118 valence electrons. The molecule has 0 aromatic rings. The predicted octanol–water partition coefficient (Wildman–Crippen LogP) is 1.65. The van der Waals surface area contributed by atoms with Crippen LogP contribution >= 0.6 is 0 Å². The van der Waals surface area contributed by atoms with Crippen LogP contribution < -0.4 is 11.1 Å². The lowest BCUT2D eigenvalue weighted by Gasteiger charge is -2.34. The van der Waals surface area contributed by atoms with E-state index in [2.05, 4.69) is 5.32 Å². The summed E-state index contributed by atoms with van der Waals surface area (Å²) in [4.78, 5) is 23.8. The molecule has 21 heavy (non-hydrogen) atoms. The van der Waals surface area contributed by atoms with E-state index in [0.29, 0.717) is 12.3 Å². The fourth-order valence-electron chi connectivity index (χ4n) is 4.84. The maximum Gasteiger partial charge on any atom is 0.308 e. The zero-order chi connectivity index (χ0) is 15.0. The standard InChI is InChI=1S/C16H26N2O3/c17-16(6-2-1-3-7-16)9-12(19)18-14-11-5-4-10(8-11)13(14)15(20)21/h10-11,13-14H,1-9,17H2,(H,18,19)(H,20,21). The highest BCUT2D eigenvalue weighted by Gasteiger charge is 2.51. The van der Waals surface area contributed by atoms with E-state index in [1.54, 1.807) is 0 Å². The van der Waals surface area contributed by atoms with Gasteiger partial charge in [-0.3, -0.25) is 9.59 Å². The average Bonchev–Trinajstić information content (AvgIpc) is 2.99. The van der Waals surface area contributed by atoms with E-state index >= 15 is 0 Å². The molecule has 5 heteroatoms. The summed E-state index contributed by atoms with van der Waals surface area (Å²) in [5.41, 5.74) is 5.95. The molecule has 0 radical (unpaired) electrons. The number of rotatable bonds is 4. The van der Waals surface area contributed by atoms with Crippen molar-refractivity contribution < 1.29 is 14.7 Å². The van der Waals surface area contributed by atoms with Crippen LogP contribution in [0.15, 0.2) is 0 Å². The Bertz CT molecular complexity index is 431. The van der Waals surface area contributed by atoms with Gasteiger partial charge in [0.05, 0.1) is 5.92 Å². The van der Waals surface area contributed by atoms with Crippen LogP contribution in [0.25, 0.3) is 0 Å². The molecule has 0 spiro atoms. The predicted molar refractivity (Wildman–Crippen MR) is 78.5 cm³/mol. The summed E-state index contributed by atoms with van der Waals surface area (Å²) in [6.07, 6.45) is 8.53. The van der Waals surface area contributed by atoms with E-state index in [-0.39, 0.29) is 23.4 Å². The minimum Gasteiger partial charge on any atom is -0.481 e. The molecule has 0 aliphatic heterocycles. The van der Waals surface area contributed by atoms with E-state index in [0.717, 1.165) is 44.9 Å². The minimum atomic E-state index is -0.757. The Morgan fingerprint density at radius 2 is 1.81 bits per heavy atom. The van der Waals surface area contributed by atoms with Crippen molar-refractivity contribution in [2.24, 2.45) is 23.5 Å². The van der Waals surface area contributed by atoms with Gasteiger partial charge in [-0.2, -0.15) is 0 Å². The smallest absolute Gasteiger partial charge is 0.308 e.